The summed E-state index contributed by atoms with van der Waals surface area (Å²) in [5.74, 6) is 0.704. The molecule has 6 heteroatoms. The van der Waals surface area contributed by atoms with Gasteiger partial charge in [-0.3, -0.25) is 0 Å². The van der Waals surface area contributed by atoms with E-state index in [9.17, 15) is 8.42 Å². The first kappa shape index (κ1) is 18.3. The first-order valence-corrected chi connectivity index (χ1v) is 9.36. The number of unbranched alkanes of at least 4 members (excludes halogenated alkanes) is 1. The van der Waals surface area contributed by atoms with Gasteiger partial charge >= 0.3 is 0 Å². The standard InChI is InChI=1S/C15H23ClO4S/c1-5-6-7-19-8-9-20-15-11(2)10-14(21(16,17)18)12(3)13(15)4/h10H,5-9H2,1-4H3. The van der Waals surface area contributed by atoms with Crippen molar-refractivity contribution in [2.75, 3.05) is 19.8 Å². The lowest BCUT2D eigenvalue weighted by atomic mass is 10.1. The van der Waals surface area contributed by atoms with Crippen molar-refractivity contribution in [3.63, 3.8) is 0 Å². The summed E-state index contributed by atoms with van der Waals surface area (Å²) in [6.07, 6.45) is 2.14. The van der Waals surface area contributed by atoms with E-state index >= 15 is 0 Å². The van der Waals surface area contributed by atoms with Crippen LogP contribution in [0.2, 0.25) is 0 Å². The molecule has 0 spiro atoms. The van der Waals surface area contributed by atoms with Gasteiger partial charge in [-0.2, -0.15) is 0 Å². The number of hydrogen-bond donors (Lipinski definition) is 0. The van der Waals surface area contributed by atoms with Crippen molar-refractivity contribution >= 4 is 19.7 Å². The molecular weight excluding hydrogens is 312 g/mol. The SMILES string of the molecule is CCCCOCCOc1c(C)cc(S(=O)(=O)Cl)c(C)c1C. The number of rotatable bonds is 8. The predicted octanol–water partition coefficient (Wildman–Crippen LogP) is 3.73. The Balaban J connectivity index is 2.79. The molecular formula is C15H23ClO4S. The van der Waals surface area contributed by atoms with Crippen LogP contribution in [0.3, 0.4) is 0 Å². The zero-order chi connectivity index (χ0) is 16.0. The van der Waals surface area contributed by atoms with Gasteiger partial charge in [-0.15, -0.1) is 0 Å². The molecule has 0 aliphatic rings. The maximum absolute atomic E-state index is 11.5. The van der Waals surface area contributed by atoms with Crippen LogP contribution in [0.15, 0.2) is 11.0 Å². The van der Waals surface area contributed by atoms with Crippen LogP contribution in [-0.4, -0.2) is 28.2 Å². The molecule has 21 heavy (non-hydrogen) atoms. The Hall–Kier alpha value is -0.780. The zero-order valence-corrected chi connectivity index (χ0v) is 14.6. The number of halogens is 1. The summed E-state index contributed by atoms with van der Waals surface area (Å²) in [7, 11) is 1.71. The second-order valence-electron chi connectivity index (χ2n) is 5.02. The van der Waals surface area contributed by atoms with Gasteiger partial charge in [0.25, 0.3) is 9.05 Å². The molecule has 0 atom stereocenters. The normalized spacial score (nSPS) is 11.7. The lowest BCUT2D eigenvalue weighted by Crippen LogP contribution is -2.10. The minimum absolute atomic E-state index is 0.144. The van der Waals surface area contributed by atoms with Crippen molar-refractivity contribution in [3.8, 4) is 5.75 Å². The molecule has 120 valence electrons. The molecule has 0 heterocycles. The van der Waals surface area contributed by atoms with Gasteiger partial charge in [0, 0.05) is 17.3 Å². The largest absolute Gasteiger partial charge is 0.491 e. The average molecular weight is 335 g/mol. The fourth-order valence-corrected chi connectivity index (χ4v) is 3.36. The summed E-state index contributed by atoms with van der Waals surface area (Å²) in [4.78, 5) is 0.144. The van der Waals surface area contributed by atoms with Crippen molar-refractivity contribution in [2.24, 2.45) is 0 Å². The van der Waals surface area contributed by atoms with E-state index in [1.807, 2.05) is 13.8 Å². The van der Waals surface area contributed by atoms with Gasteiger partial charge in [-0.1, -0.05) is 13.3 Å². The smallest absolute Gasteiger partial charge is 0.261 e. The minimum atomic E-state index is -3.74. The lowest BCUT2D eigenvalue weighted by molar-refractivity contribution is 0.0975. The van der Waals surface area contributed by atoms with Crippen molar-refractivity contribution < 1.29 is 17.9 Å². The Bertz CT molecular complexity index is 582. The number of hydrogen-bond acceptors (Lipinski definition) is 4. The molecule has 0 amide bonds. The average Bonchev–Trinajstić information content (AvgIpc) is 2.40. The predicted molar refractivity (Wildman–Crippen MR) is 84.9 cm³/mol. The van der Waals surface area contributed by atoms with Crippen LogP contribution in [0.5, 0.6) is 5.75 Å². The van der Waals surface area contributed by atoms with Crippen LogP contribution >= 0.6 is 10.7 Å². The first-order chi connectivity index (χ1) is 9.79. The van der Waals surface area contributed by atoms with Crippen molar-refractivity contribution in [1.29, 1.82) is 0 Å². The van der Waals surface area contributed by atoms with E-state index in [2.05, 4.69) is 6.92 Å². The second-order valence-corrected chi connectivity index (χ2v) is 7.56. The molecule has 1 aromatic carbocycles. The summed E-state index contributed by atoms with van der Waals surface area (Å²) in [6.45, 7) is 9.19. The quantitative estimate of drug-likeness (QED) is 0.537. The fraction of sp³-hybridized carbons (Fsp3) is 0.600. The van der Waals surface area contributed by atoms with Gasteiger partial charge in [0.2, 0.25) is 0 Å². The molecule has 0 aliphatic carbocycles. The summed E-state index contributed by atoms with van der Waals surface area (Å²) in [5, 5.41) is 0. The van der Waals surface area contributed by atoms with Crippen molar-refractivity contribution in [2.45, 2.75) is 45.4 Å². The molecule has 0 unspecified atom stereocenters. The third kappa shape index (κ3) is 5.16. The van der Waals surface area contributed by atoms with E-state index in [-0.39, 0.29) is 4.90 Å². The van der Waals surface area contributed by atoms with Crippen LogP contribution in [-0.2, 0) is 13.8 Å². The van der Waals surface area contributed by atoms with Gasteiger partial charge in [-0.25, -0.2) is 8.42 Å². The van der Waals surface area contributed by atoms with Gasteiger partial charge in [0.1, 0.15) is 12.4 Å². The molecule has 0 aromatic heterocycles. The highest BCUT2D eigenvalue weighted by Gasteiger charge is 2.19. The van der Waals surface area contributed by atoms with Crippen LogP contribution < -0.4 is 4.74 Å². The van der Waals surface area contributed by atoms with E-state index in [0.29, 0.717) is 24.5 Å². The van der Waals surface area contributed by atoms with E-state index < -0.39 is 9.05 Å². The maximum atomic E-state index is 11.5. The van der Waals surface area contributed by atoms with Gasteiger partial charge in [-0.05, 0) is 49.9 Å². The summed E-state index contributed by atoms with van der Waals surface area (Å²) in [5.41, 5.74) is 2.17. The molecule has 4 nitrogen and oxygen atoms in total. The van der Waals surface area contributed by atoms with Crippen LogP contribution in [0.25, 0.3) is 0 Å². The highest BCUT2D eigenvalue weighted by Crippen LogP contribution is 2.32. The zero-order valence-electron chi connectivity index (χ0n) is 13.0. The number of ether oxygens (including phenoxy) is 2. The summed E-state index contributed by atoms with van der Waals surface area (Å²) >= 11 is 0. The van der Waals surface area contributed by atoms with Crippen LogP contribution in [0.1, 0.15) is 36.5 Å². The number of benzene rings is 1. The Morgan fingerprint density at radius 3 is 2.33 bits per heavy atom. The molecule has 1 aromatic rings. The molecule has 0 bridgehead atoms. The molecule has 0 radical (unpaired) electrons. The molecule has 0 aliphatic heterocycles. The summed E-state index contributed by atoms with van der Waals surface area (Å²) in [6, 6.07) is 1.55. The molecule has 0 N–H and O–H groups in total. The maximum Gasteiger partial charge on any atom is 0.261 e. The third-order valence-electron chi connectivity index (χ3n) is 3.36. The van der Waals surface area contributed by atoms with Gasteiger partial charge in [0.15, 0.2) is 0 Å². The Kier molecular flexibility index (Phi) is 6.97. The van der Waals surface area contributed by atoms with Crippen LogP contribution in [0.4, 0.5) is 0 Å². The first-order valence-electron chi connectivity index (χ1n) is 7.05. The van der Waals surface area contributed by atoms with E-state index in [1.54, 1.807) is 13.0 Å². The van der Waals surface area contributed by atoms with Gasteiger partial charge in [0.05, 0.1) is 11.5 Å². The molecule has 0 fully saturated rings. The Morgan fingerprint density at radius 1 is 1.10 bits per heavy atom. The number of aryl methyl sites for hydroxylation is 1. The van der Waals surface area contributed by atoms with Crippen molar-refractivity contribution in [1.82, 2.24) is 0 Å². The fourth-order valence-electron chi connectivity index (χ4n) is 2.05. The van der Waals surface area contributed by atoms with Crippen molar-refractivity contribution in [3.05, 3.63) is 22.8 Å². The molecule has 0 saturated heterocycles. The van der Waals surface area contributed by atoms with E-state index in [0.717, 1.165) is 30.6 Å². The molecule has 1 rings (SSSR count). The topological polar surface area (TPSA) is 52.6 Å². The third-order valence-corrected chi connectivity index (χ3v) is 4.81. The Morgan fingerprint density at radius 2 is 1.76 bits per heavy atom. The highest BCUT2D eigenvalue weighted by atomic mass is 35.7. The van der Waals surface area contributed by atoms with E-state index in [4.69, 9.17) is 20.2 Å². The van der Waals surface area contributed by atoms with Crippen LogP contribution in [0, 0.1) is 20.8 Å². The van der Waals surface area contributed by atoms with Gasteiger partial charge < -0.3 is 9.47 Å². The Labute approximate surface area is 131 Å². The monoisotopic (exact) mass is 334 g/mol. The lowest BCUT2D eigenvalue weighted by Gasteiger charge is -2.16. The minimum Gasteiger partial charge on any atom is -0.491 e. The summed E-state index contributed by atoms with van der Waals surface area (Å²) < 4.78 is 34.2. The highest BCUT2D eigenvalue weighted by molar-refractivity contribution is 8.13. The second kappa shape index (κ2) is 8.01. The molecule has 0 saturated carbocycles. The van der Waals surface area contributed by atoms with E-state index in [1.165, 1.54) is 0 Å².